The Kier molecular flexibility index (Phi) is 2.91. The van der Waals surface area contributed by atoms with Crippen LogP contribution in [0.3, 0.4) is 0 Å². The van der Waals surface area contributed by atoms with Crippen molar-refractivity contribution >= 4 is 20.9 Å². The Morgan fingerprint density at radius 2 is 1.55 bits per heavy atom. The molecule has 0 saturated carbocycles. The highest BCUT2D eigenvalue weighted by atomic mass is 32.2. The fraction of sp³-hybridized carbons (Fsp3) is 0.125. The molecule has 0 aliphatic carbocycles. The summed E-state index contributed by atoms with van der Waals surface area (Å²) in [5.74, 6) is 0. The lowest BCUT2D eigenvalue weighted by atomic mass is 10.2. The van der Waals surface area contributed by atoms with Crippen molar-refractivity contribution in [2.24, 2.45) is 0 Å². The zero-order valence-electron chi connectivity index (χ0n) is 11.4. The number of rotatable bonds is 2. The molecule has 20 heavy (non-hydrogen) atoms. The third kappa shape index (κ3) is 1.93. The third-order valence-electron chi connectivity index (χ3n) is 3.40. The van der Waals surface area contributed by atoms with Gasteiger partial charge >= 0.3 is 0 Å². The van der Waals surface area contributed by atoms with Gasteiger partial charge in [0.05, 0.1) is 10.4 Å². The quantitative estimate of drug-likeness (QED) is 0.723. The summed E-state index contributed by atoms with van der Waals surface area (Å²) in [4.78, 5) is 0.313. The Morgan fingerprint density at radius 1 is 0.900 bits per heavy atom. The van der Waals surface area contributed by atoms with Gasteiger partial charge in [-0.1, -0.05) is 35.9 Å². The summed E-state index contributed by atoms with van der Waals surface area (Å²) in [6.07, 6.45) is 0. The average Bonchev–Trinajstić information content (AvgIpc) is 2.75. The van der Waals surface area contributed by atoms with E-state index in [4.69, 9.17) is 0 Å². The lowest BCUT2D eigenvalue weighted by Crippen LogP contribution is -2.14. The Labute approximate surface area is 118 Å². The maximum atomic E-state index is 12.8. The van der Waals surface area contributed by atoms with Crippen LogP contribution in [0.15, 0.2) is 59.5 Å². The average molecular weight is 285 g/mol. The van der Waals surface area contributed by atoms with Crippen molar-refractivity contribution in [3.8, 4) is 0 Å². The van der Waals surface area contributed by atoms with E-state index in [2.05, 4.69) is 0 Å². The first kappa shape index (κ1) is 12.9. The van der Waals surface area contributed by atoms with Crippen molar-refractivity contribution in [2.75, 3.05) is 0 Å². The van der Waals surface area contributed by atoms with Crippen LogP contribution in [-0.2, 0) is 10.0 Å². The SMILES string of the molecule is Cc1ccc(S(=O)(=O)n2c(C)cc3ccccc32)cc1. The van der Waals surface area contributed by atoms with Crippen molar-refractivity contribution in [2.45, 2.75) is 18.7 Å². The molecule has 0 fully saturated rings. The normalized spacial score (nSPS) is 11.9. The van der Waals surface area contributed by atoms with E-state index in [9.17, 15) is 8.42 Å². The van der Waals surface area contributed by atoms with Gasteiger partial charge in [-0.3, -0.25) is 0 Å². The molecular weight excluding hydrogens is 270 g/mol. The van der Waals surface area contributed by atoms with Gasteiger partial charge in [-0.05, 0) is 38.1 Å². The van der Waals surface area contributed by atoms with Crippen molar-refractivity contribution in [1.82, 2.24) is 3.97 Å². The molecule has 1 heterocycles. The fourth-order valence-electron chi connectivity index (χ4n) is 2.40. The van der Waals surface area contributed by atoms with Gasteiger partial charge in [-0.25, -0.2) is 12.4 Å². The second-order valence-corrected chi connectivity index (χ2v) is 6.71. The van der Waals surface area contributed by atoms with Crippen LogP contribution in [0.5, 0.6) is 0 Å². The summed E-state index contributed by atoms with van der Waals surface area (Å²) >= 11 is 0. The molecule has 102 valence electrons. The second kappa shape index (κ2) is 4.49. The highest BCUT2D eigenvalue weighted by Crippen LogP contribution is 2.25. The summed E-state index contributed by atoms with van der Waals surface area (Å²) in [5.41, 5.74) is 2.47. The van der Waals surface area contributed by atoms with Crippen LogP contribution in [-0.4, -0.2) is 12.4 Å². The Balaban J connectivity index is 2.29. The number of fused-ring (bicyclic) bond motifs is 1. The van der Waals surface area contributed by atoms with Crippen LogP contribution in [0, 0.1) is 13.8 Å². The van der Waals surface area contributed by atoms with E-state index >= 15 is 0 Å². The molecule has 0 aliphatic heterocycles. The maximum absolute atomic E-state index is 12.8. The molecule has 0 aliphatic rings. The molecule has 3 nitrogen and oxygen atoms in total. The van der Waals surface area contributed by atoms with Crippen molar-refractivity contribution in [3.05, 3.63) is 65.9 Å². The second-order valence-electron chi connectivity index (χ2n) is 4.93. The topological polar surface area (TPSA) is 39.1 Å². The summed E-state index contributed by atoms with van der Waals surface area (Å²) in [5, 5.41) is 0.931. The minimum atomic E-state index is -3.55. The third-order valence-corrected chi connectivity index (χ3v) is 5.23. The zero-order chi connectivity index (χ0) is 14.3. The van der Waals surface area contributed by atoms with Gasteiger partial charge < -0.3 is 0 Å². The Hall–Kier alpha value is -2.07. The number of aromatic nitrogens is 1. The molecule has 0 amide bonds. The fourth-order valence-corrected chi connectivity index (χ4v) is 3.95. The van der Waals surface area contributed by atoms with E-state index in [1.165, 1.54) is 3.97 Å². The van der Waals surface area contributed by atoms with Crippen molar-refractivity contribution < 1.29 is 8.42 Å². The first-order valence-electron chi connectivity index (χ1n) is 6.39. The highest BCUT2D eigenvalue weighted by Gasteiger charge is 2.20. The molecule has 4 heteroatoms. The molecule has 0 N–H and O–H groups in total. The van der Waals surface area contributed by atoms with E-state index in [0.29, 0.717) is 16.1 Å². The highest BCUT2D eigenvalue weighted by molar-refractivity contribution is 7.90. The lowest BCUT2D eigenvalue weighted by molar-refractivity contribution is 0.588. The van der Waals surface area contributed by atoms with Gasteiger partial charge in [0.2, 0.25) is 0 Å². The molecule has 2 aromatic carbocycles. The van der Waals surface area contributed by atoms with Crippen molar-refractivity contribution in [1.29, 1.82) is 0 Å². The number of aryl methyl sites for hydroxylation is 2. The van der Waals surface area contributed by atoms with Crippen LogP contribution in [0.4, 0.5) is 0 Å². The molecule has 0 unspecified atom stereocenters. The van der Waals surface area contributed by atoms with Gasteiger partial charge in [0.15, 0.2) is 0 Å². The van der Waals surface area contributed by atoms with Gasteiger partial charge in [-0.2, -0.15) is 0 Å². The van der Waals surface area contributed by atoms with E-state index in [1.807, 2.05) is 56.3 Å². The van der Waals surface area contributed by atoms with Gasteiger partial charge in [0.1, 0.15) is 0 Å². The number of para-hydroxylation sites is 1. The molecular formula is C16H15NO2S. The van der Waals surface area contributed by atoms with Crippen LogP contribution in [0.25, 0.3) is 10.9 Å². The minimum absolute atomic E-state index is 0.313. The minimum Gasteiger partial charge on any atom is -0.238 e. The smallest absolute Gasteiger partial charge is 0.238 e. The number of hydrogen-bond donors (Lipinski definition) is 0. The monoisotopic (exact) mass is 285 g/mol. The largest absolute Gasteiger partial charge is 0.268 e. The predicted molar refractivity (Wildman–Crippen MR) is 80.4 cm³/mol. The van der Waals surface area contributed by atoms with Gasteiger partial charge in [-0.15, -0.1) is 0 Å². The first-order valence-corrected chi connectivity index (χ1v) is 7.83. The van der Waals surface area contributed by atoms with Crippen LogP contribution in [0.1, 0.15) is 11.3 Å². The number of nitrogens with zero attached hydrogens (tertiary/aromatic N) is 1. The Bertz CT molecular complexity index is 874. The van der Waals surface area contributed by atoms with E-state index in [-0.39, 0.29) is 0 Å². The van der Waals surface area contributed by atoms with Gasteiger partial charge in [0.25, 0.3) is 10.0 Å². The summed E-state index contributed by atoms with van der Waals surface area (Å²) in [7, 11) is -3.55. The standard InChI is InChI=1S/C16H15NO2S/c1-12-7-9-15(10-8-12)20(18,19)17-13(2)11-14-5-3-4-6-16(14)17/h3-11H,1-2H3. The van der Waals surface area contributed by atoms with Crippen molar-refractivity contribution in [3.63, 3.8) is 0 Å². The molecule has 0 atom stereocenters. The lowest BCUT2D eigenvalue weighted by Gasteiger charge is -2.10. The maximum Gasteiger partial charge on any atom is 0.268 e. The molecule has 0 radical (unpaired) electrons. The zero-order valence-corrected chi connectivity index (χ0v) is 12.2. The van der Waals surface area contributed by atoms with Crippen LogP contribution < -0.4 is 0 Å². The summed E-state index contributed by atoms with van der Waals surface area (Å²) in [6, 6.07) is 16.3. The molecule has 0 saturated heterocycles. The molecule has 1 aromatic heterocycles. The van der Waals surface area contributed by atoms with Crippen LogP contribution >= 0.6 is 0 Å². The number of benzene rings is 2. The Morgan fingerprint density at radius 3 is 2.25 bits per heavy atom. The molecule has 3 aromatic rings. The predicted octanol–water partition coefficient (Wildman–Crippen LogP) is 3.50. The van der Waals surface area contributed by atoms with E-state index in [0.717, 1.165) is 10.9 Å². The van der Waals surface area contributed by atoms with Crippen LogP contribution in [0.2, 0.25) is 0 Å². The molecule has 3 rings (SSSR count). The van der Waals surface area contributed by atoms with E-state index in [1.54, 1.807) is 12.1 Å². The van der Waals surface area contributed by atoms with Gasteiger partial charge in [0, 0.05) is 11.1 Å². The first-order chi connectivity index (χ1) is 9.50. The summed E-state index contributed by atoms with van der Waals surface area (Å²) < 4.78 is 27.0. The van der Waals surface area contributed by atoms with E-state index < -0.39 is 10.0 Å². The molecule has 0 spiro atoms. The summed E-state index contributed by atoms with van der Waals surface area (Å²) in [6.45, 7) is 3.75. The number of hydrogen-bond acceptors (Lipinski definition) is 2. The molecule has 0 bridgehead atoms.